The van der Waals surface area contributed by atoms with Crippen molar-refractivity contribution in [2.45, 2.75) is 25.8 Å². The molecule has 1 atom stereocenters. The summed E-state index contributed by atoms with van der Waals surface area (Å²) >= 11 is 0. The second-order valence-corrected chi connectivity index (χ2v) is 3.38. The van der Waals surface area contributed by atoms with E-state index in [-0.39, 0.29) is 0 Å². The Morgan fingerprint density at radius 3 is 3.00 bits per heavy atom. The van der Waals surface area contributed by atoms with Crippen LogP contribution in [-0.4, -0.2) is 37.7 Å². The normalized spacial score (nSPS) is 25.4. The zero-order valence-corrected chi connectivity index (χ0v) is 8.12. The van der Waals surface area contributed by atoms with Gasteiger partial charge >= 0.3 is 0 Å². The van der Waals surface area contributed by atoms with Crippen LogP contribution in [0.25, 0.3) is 0 Å². The first-order valence-corrected chi connectivity index (χ1v) is 4.73. The van der Waals surface area contributed by atoms with Crippen molar-refractivity contribution in [1.82, 2.24) is 4.90 Å². The zero-order chi connectivity index (χ0) is 8.81. The Balaban J connectivity index is 2.24. The number of nitrogens with zero attached hydrogens (tertiary/aromatic N) is 1. The molecule has 0 aromatic rings. The van der Waals surface area contributed by atoms with E-state index >= 15 is 0 Å². The summed E-state index contributed by atoms with van der Waals surface area (Å²) in [6.07, 6.45) is 6.79. The zero-order valence-electron chi connectivity index (χ0n) is 8.12. The molecule has 0 bridgehead atoms. The van der Waals surface area contributed by atoms with Crippen LogP contribution in [0, 0.1) is 0 Å². The van der Waals surface area contributed by atoms with E-state index in [0.29, 0.717) is 6.04 Å². The first kappa shape index (κ1) is 9.75. The Kier molecular flexibility index (Phi) is 4.33. The highest BCUT2D eigenvalue weighted by Gasteiger charge is 2.16. The Hall–Kier alpha value is -0.340. The monoisotopic (exact) mass is 169 g/mol. The van der Waals surface area contributed by atoms with Crippen LogP contribution in [0.2, 0.25) is 0 Å². The molecule has 0 aromatic carbocycles. The van der Waals surface area contributed by atoms with Crippen molar-refractivity contribution < 1.29 is 4.74 Å². The molecular weight excluding hydrogens is 150 g/mol. The maximum atomic E-state index is 5.42. The Bertz CT molecular complexity index is 139. The Morgan fingerprint density at radius 2 is 2.42 bits per heavy atom. The van der Waals surface area contributed by atoms with Crippen LogP contribution in [0.1, 0.15) is 19.8 Å². The fraction of sp³-hybridized carbons (Fsp3) is 0.800. The predicted molar refractivity (Wildman–Crippen MR) is 51.3 cm³/mol. The van der Waals surface area contributed by atoms with Crippen molar-refractivity contribution in [1.29, 1.82) is 0 Å². The van der Waals surface area contributed by atoms with Gasteiger partial charge in [-0.25, -0.2) is 0 Å². The lowest BCUT2D eigenvalue weighted by Gasteiger charge is -2.30. The number of likely N-dealkylation sites (N-methyl/N-ethyl adjacent to an activating group) is 1. The fourth-order valence-electron chi connectivity index (χ4n) is 1.49. The van der Waals surface area contributed by atoms with Gasteiger partial charge in [0.15, 0.2) is 0 Å². The van der Waals surface area contributed by atoms with E-state index in [0.717, 1.165) is 19.8 Å². The lowest BCUT2D eigenvalue weighted by Crippen LogP contribution is -2.38. The summed E-state index contributed by atoms with van der Waals surface area (Å²) in [4.78, 5) is 2.36. The van der Waals surface area contributed by atoms with E-state index in [1.165, 1.54) is 12.8 Å². The largest absolute Gasteiger partial charge is 0.380 e. The number of rotatable bonds is 3. The third-order valence-corrected chi connectivity index (χ3v) is 2.39. The average Bonchev–Trinajstić information content (AvgIpc) is 2.15. The molecule has 1 heterocycles. The summed E-state index contributed by atoms with van der Waals surface area (Å²) in [6, 6.07) is 0.634. The number of hydrogen-bond acceptors (Lipinski definition) is 2. The van der Waals surface area contributed by atoms with Gasteiger partial charge in [0, 0.05) is 19.2 Å². The van der Waals surface area contributed by atoms with Crippen LogP contribution in [0.3, 0.4) is 0 Å². The van der Waals surface area contributed by atoms with Crippen LogP contribution in [0.4, 0.5) is 0 Å². The Labute approximate surface area is 75.2 Å². The highest BCUT2D eigenvalue weighted by Crippen LogP contribution is 2.11. The molecule has 1 saturated heterocycles. The lowest BCUT2D eigenvalue weighted by molar-refractivity contribution is 0.0315. The van der Waals surface area contributed by atoms with E-state index in [1.54, 1.807) is 0 Å². The third kappa shape index (κ3) is 2.95. The van der Waals surface area contributed by atoms with Gasteiger partial charge in [0.1, 0.15) is 0 Å². The molecule has 2 nitrogen and oxygen atoms in total. The SMILES string of the molecule is C/C=C/CN(C)C1CCCOC1. The smallest absolute Gasteiger partial charge is 0.0621 e. The van der Waals surface area contributed by atoms with Gasteiger partial charge in [-0.3, -0.25) is 4.90 Å². The summed E-state index contributed by atoms with van der Waals surface area (Å²) in [5.41, 5.74) is 0. The van der Waals surface area contributed by atoms with E-state index < -0.39 is 0 Å². The quantitative estimate of drug-likeness (QED) is 0.596. The minimum atomic E-state index is 0.634. The lowest BCUT2D eigenvalue weighted by atomic mass is 10.1. The van der Waals surface area contributed by atoms with Gasteiger partial charge in [0.2, 0.25) is 0 Å². The molecule has 1 rings (SSSR count). The number of allylic oxidation sites excluding steroid dienone is 1. The minimum absolute atomic E-state index is 0.634. The van der Waals surface area contributed by atoms with Crippen LogP contribution in [-0.2, 0) is 4.74 Å². The molecule has 70 valence electrons. The maximum Gasteiger partial charge on any atom is 0.0621 e. The van der Waals surface area contributed by atoms with Crippen molar-refractivity contribution in [3.63, 3.8) is 0 Å². The van der Waals surface area contributed by atoms with Crippen molar-refractivity contribution >= 4 is 0 Å². The molecule has 0 amide bonds. The van der Waals surface area contributed by atoms with Crippen molar-refractivity contribution in [3.8, 4) is 0 Å². The molecule has 1 unspecified atom stereocenters. The summed E-state index contributed by atoms with van der Waals surface area (Å²) in [7, 11) is 2.17. The molecule has 0 N–H and O–H groups in total. The van der Waals surface area contributed by atoms with Crippen molar-refractivity contribution in [2.75, 3.05) is 26.8 Å². The van der Waals surface area contributed by atoms with Crippen molar-refractivity contribution in [3.05, 3.63) is 12.2 Å². The molecule has 12 heavy (non-hydrogen) atoms. The van der Waals surface area contributed by atoms with Crippen LogP contribution in [0.5, 0.6) is 0 Å². The topological polar surface area (TPSA) is 12.5 Å². The molecule has 0 aromatic heterocycles. The van der Waals surface area contributed by atoms with E-state index in [2.05, 4.69) is 31.0 Å². The molecular formula is C10H19NO. The first-order chi connectivity index (χ1) is 5.84. The molecule has 2 heteroatoms. The van der Waals surface area contributed by atoms with Gasteiger partial charge in [0.05, 0.1) is 6.61 Å². The Morgan fingerprint density at radius 1 is 1.58 bits per heavy atom. The second kappa shape index (κ2) is 5.33. The first-order valence-electron chi connectivity index (χ1n) is 4.73. The van der Waals surface area contributed by atoms with Crippen LogP contribution in [0.15, 0.2) is 12.2 Å². The van der Waals surface area contributed by atoms with E-state index in [1.807, 2.05) is 0 Å². The number of ether oxygens (including phenoxy) is 1. The van der Waals surface area contributed by atoms with Gasteiger partial charge in [0.25, 0.3) is 0 Å². The molecule has 1 aliphatic rings. The summed E-state index contributed by atoms with van der Waals surface area (Å²) in [5.74, 6) is 0. The van der Waals surface area contributed by atoms with E-state index in [9.17, 15) is 0 Å². The average molecular weight is 169 g/mol. The van der Waals surface area contributed by atoms with Gasteiger partial charge in [-0.15, -0.1) is 0 Å². The minimum Gasteiger partial charge on any atom is -0.380 e. The summed E-state index contributed by atoms with van der Waals surface area (Å²) in [5, 5.41) is 0. The maximum absolute atomic E-state index is 5.42. The molecule has 1 fully saturated rings. The fourth-order valence-corrected chi connectivity index (χ4v) is 1.49. The molecule has 0 saturated carbocycles. The molecule has 0 aliphatic carbocycles. The predicted octanol–water partition coefficient (Wildman–Crippen LogP) is 1.67. The summed E-state index contributed by atoms with van der Waals surface area (Å²) < 4.78 is 5.42. The highest BCUT2D eigenvalue weighted by molar-refractivity contribution is 4.83. The third-order valence-electron chi connectivity index (χ3n) is 2.39. The van der Waals surface area contributed by atoms with Crippen LogP contribution >= 0.6 is 0 Å². The van der Waals surface area contributed by atoms with Crippen LogP contribution < -0.4 is 0 Å². The van der Waals surface area contributed by atoms with Gasteiger partial charge in [-0.1, -0.05) is 12.2 Å². The molecule has 0 radical (unpaired) electrons. The molecule has 0 spiro atoms. The summed E-state index contributed by atoms with van der Waals surface area (Å²) in [6.45, 7) is 4.97. The van der Waals surface area contributed by atoms with Gasteiger partial charge in [-0.2, -0.15) is 0 Å². The van der Waals surface area contributed by atoms with E-state index in [4.69, 9.17) is 4.74 Å². The second-order valence-electron chi connectivity index (χ2n) is 3.38. The highest BCUT2D eigenvalue weighted by atomic mass is 16.5. The standard InChI is InChI=1S/C10H19NO/c1-3-4-7-11(2)10-6-5-8-12-9-10/h3-4,10H,5-9H2,1-2H3/b4-3+. The molecule has 1 aliphatic heterocycles. The van der Waals surface area contributed by atoms with Gasteiger partial charge in [-0.05, 0) is 26.8 Å². The van der Waals surface area contributed by atoms with Gasteiger partial charge < -0.3 is 4.74 Å². The van der Waals surface area contributed by atoms with Crippen molar-refractivity contribution in [2.24, 2.45) is 0 Å². The number of hydrogen-bond donors (Lipinski definition) is 0.